The average Bonchev–Trinajstić information content (AvgIpc) is 2.43. The first-order valence-electron chi connectivity index (χ1n) is 6.73. The molecule has 1 aliphatic rings. The van der Waals surface area contributed by atoms with Gasteiger partial charge in [0, 0.05) is 22.8 Å². The molecule has 4 N–H and O–H groups in total. The van der Waals surface area contributed by atoms with Crippen LogP contribution in [0.25, 0.3) is 0 Å². The van der Waals surface area contributed by atoms with Gasteiger partial charge in [0.25, 0.3) is 0 Å². The molecule has 0 radical (unpaired) electrons. The van der Waals surface area contributed by atoms with Gasteiger partial charge >= 0.3 is 0 Å². The Balaban J connectivity index is 2.28. The van der Waals surface area contributed by atoms with Crippen molar-refractivity contribution in [3.63, 3.8) is 0 Å². The lowest BCUT2D eigenvalue weighted by Gasteiger charge is -2.30. The van der Waals surface area contributed by atoms with E-state index in [0.29, 0.717) is 10.9 Å². The number of benzene rings is 1. The van der Waals surface area contributed by atoms with Crippen molar-refractivity contribution < 1.29 is 17.9 Å². The molecule has 21 heavy (non-hydrogen) atoms. The summed E-state index contributed by atoms with van der Waals surface area (Å²) in [6.07, 6.45) is 3.24. The number of hydrogen-bond donors (Lipinski definition) is 3. The zero-order valence-corrected chi connectivity index (χ0v) is 13.8. The van der Waals surface area contributed by atoms with Crippen LogP contribution in [0.4, 0.5) is 10.1 Å². The molecule has 1 fully saturated rings. The van der Waals surface area contributed by atoms with Gasteiger partial charge in [-0.2, -0.15) is 0 Å². The van der Waals surface area contributed by atoms with Crippen LogP contribution in [-0.2, 0) is 10.0 Å². The Kier molecular flexibility index (Phi) is 5.24. The molecule has 8 heteroatoms. The highest BCUT2D eigenvalue weighted by molar-refractivity contribution is 9.10. The Bertz CT molecular complexity index is 624. The molecule has 0 saturated heterocycles. The van der Waals surface area contributed by atoms with Crippen molar-refractivity contribution in [2.24, 2.45) is 5.92 Å². The molecule has 2 unspecified atom stereocenters. The van der Waals surface area contributed by atoms with Crippen LogP contribution in [-0.4, -0.2) is 26.2 Å². The number of aliphatic hydroxyl groups excluding tert-OH is 1. The molecule has 0 aromatic heterocycles. The Morgan fingerprint density at radius 3 is 2.71 bits per heavy atom. The van der Waals surface area contributed by atoms with Gasteiger partial charge in [0.15, 0.2) is 0 Å². The van der Waals surface area contributed by atoms with Crippen LogP contribution >= 0.6 is 15.9 Å². The second-order valence-electron chi connectivity index (χ2n) is 5.26. The normalized spacial score (nSPS) is 23.2. The van der Waals surface area contributed by atoms with Crippen molar-refractivity contribution in [2.75, 3.05) is 12.3 Å². The van der Waals surface area contributed by atoms with Crippen molar-refractivity contribution in [1.29, 1.82) is 0 Å². The maximum absolute atomic E-state index is 13.9. The van der Waals surface area contributed by atoms with Crippen molar-refractivity contribution >= 4 is 31.6 Å². The highest BCUT2D eigenvalue weighted by Gasteiger charge is 2.30. The number of anilines is 1. The molecule has 0 spiro atoms. The molecule has 2 atom stereocenters. The van der Waals surface area contributed by atoms with Crippen LogP contribution in [0.1, 0.15) is 25.7 Å². The Morgan fingerprint density at radius 1 is 1.38 bits per heavy atom. The molecular weight excluding hydrogens is 363 g/mol. The maximum atomic E-state index is 13.9. The van der Waals surface area contributed by atoms with E-state index < -0.39 is 20.7 Å². The van der Waals surface area contributed by atoms with E-state index in [4.69, 9.17) is 5.73 Å². The number of nitrogen functional groups attached to an aromatic ring is 1. The van der Waals surface area contributed by atoms with Gasteiger partial charge in [0.1, 0.15) is 10.7 Å². The van der Waals surface area contributed by atoms with Crippen LogP contribution in [0.15, 0.2) is 21.5 Å². The zero-order valence-electron chi connectivity index (χ0n) is 11.4. The number of halogens is 2. The third-order valence-corrected chi connectivity index (χ3v) is 5.98. The second-order valence-corrected chi connectivity index (χ2v) is 7.80. The number of rotatable bonds is 4. The molecule has 5 nitrogen and oxygen atoms in total. The van der Waals surface area contributed by atoms with Crippen LogP contribution in [0.3, 0.4) is 0 Å². The van der Waals surface area contributed by atoms with Crippen LogP contribution < -0.4 is 10.5 Å². The lowest BCUT2D eigenvalue weighted by Crippen LogP contribution is -2.43. The molecule has 118 valence electrons. The van der Waals surface area contributed by atoms with Crippen molar-refractivity contribution in [2.45, 2.75) is 36.6 Å². The van der Waals surface area contributed by atoms with E-state index >= 15 is 0 Å². The SMILES string of the molecule is Nc1cc(S(=O)(=O)NC2CCCCC2CO)c(F)cc1Br. The number of nitrogens with two attached hydrogens (primary N) is 1. The van der Waals surface area contributed by atoms with E-state index in [-0.39, 0.29) is 24.3 Å². The Morgan fingerprint density at radius 2 is 2.05 bits per heavy atom. The predicted molar refractivity (Wildman–Crippen MR) is 81.7 cm³/mol. The topological polar surface area (TPSA) is 92.4 Å². The standard InChI is InChI=1S/C13H18BrFN2O3S/c14-9-5-10(15)13(6-11(9)16)21(19,20)17-12-4-2-1-3-8(12)7-18/h5-6,8,12,17-18H,1-4,7,16H2. The van der Waals surface area contributed by atoms with Gasteiger partial charge in [-0.05, 0) is 46.8 Å². The number of hydrogen-bond acceptors (Lipinski definition) is 4. The molecule has 0 bridgehead atoms. The molecule has 0 aliphatic heterocycles. The summed E-state index contributed by atoms with van der Waals surface area (Å²) >= 11 is 3.05. The largest absolute Gasteiger partial charge is 0.398 e. The molecule has 0 amide bonds. The third kappa shape index (κ3) is 3.74. The fraction of sp³-hybridized carbons (Fsp3) is 0.538. The summed E-state index contributed by atoms with van der Waals surface area (Å²) in [5.41, 5.74) is 5.78. The zero-order chi connectivity index (χ0) is 15.6. The fourth-order valence-electron chi connectivity index (χ4n) is 2.59. The Hall–Kier alpha value is -0.700. The summed E-state index contributed by atoms with van der Waals surface area (Å²) in [6.45, 7) is -0.0852. The van der Waals surface area contributed by atoms with E-state index in [2.05, 4.69) is 20.7 Å². The highest BCUT2D eigenvalue weighted by Crippen LogP contribution is 2.29. The van der Waals surface area contributed by atoms with Gasteiger partial charge < -0.3 is 10.8 Å². The van der Waals surface area contributed by atoms with Crippen molar-refractivity contribution in [3.8, 4) is 0 Å². The molecule has 0 heterocycles. The second kappa shape index (κ2) is 6.60. The molecule has 1 aromatic carbocycles. The minimum absolute atomic E-state index is 0.0852. The van der Waals surface area contributed by atoms with E-state index in [1.807, 2.05) is 0 Å². The average molecular weight is 381 g/mol. The quantitative estimate of drug-likeness (QED) is 0.696. The van der Waals surface area contributed by atoms with Gasteiger partial charge in [0.2, 0.25) is 10.0 Å². The molecule has 1 saturated carbocycles. The molecular formula is C13H18BrFN2O3S. The Labute approximate surface area is 131 Å². The summed E-state index contributed by atoms with van der Waals surface area (Å²) in [4.78, 5) is -0.467. The van der Waals surface area contributed by atoms with Gasteiger partial charge in [0.05, 0.1) is 0 Å². The van der Waals surface area contributed by atoms with Gasteiger partial charge in [-0.1, -0.05) is 12.8 Å². The minimum Gasteiger partial charge on any atom is -0.398 e. The van der Waals surface area contributed by atoms with E-state index in [1.165, 1.54) is 0 Å². The predicted octanol–water partition coefficient (Wildman–Crippen LogP) is 2.00. The molecule has 1 aromatic rings. The van der Waals surface area contributed by atoms with Crippen LogP contribution in [0.5, 0.6) is 0 Å². The number of nitrogens with one attached hydrogen (secondary N) is 1. The van der Waals surface area contributed by atoms with E-state index in [9.17, 15) is 17.9 Å². The first-order chi connectivity index (χ1) is 9.85. The number of aliphatic hydroxyl groups is 1. The lowest BCUT2D eigenvalue weighted by atomic mass is 9.86. The summed E-state index contributed by atoms with van der Waals surface area (Å²) in [7, 11) is -4.01. The summed E-state index contributed by atoms with van der Waals surface area (Å²) in [5, 5.41) is 9.33. The van der Waals surface area contributed by atoms with E-state index in [1.54, 1.807) is 0 Å². The summed E-state index contributed by atoms with van der Waals surface area (Å²) in [5.74, 6) is -0.996. The van der Waals surface area contributed by atoms with Crippen molar-refractivity contribution in [3.05, 3.63) is 22.4 Å². The van der Waals surface area contributed by atoms with Crippen molar-refractivity contribution in [1.82, 2.24) is 4.72 Å². The number of sulfonamides is 1. The molecule has 2 rings (SSSR count). The van der Waals surface area contributed by atoms with Gasteiger partial charge in [-0.25, -0.2) is 17.5 Å². The van der Waals surface area contributed by atoms with Gasteiger partial charge in [-0.15, -0.1) is 0 Å². The van der Waals surface area contributed by atoms with Gasteiger partial charge in [-0.3, -0.25) is 0 Å². The maximum Gasteiger partial charge on any atom is 0.243 e. The first-order valence-corrected chi connectivity index (χ1v) is 9.00. The summed E-state index contributed by atoms with van der Waals surface area (Å²) in [6, 6.07) is 1.75. The highest BCUT2D eigenvalue weighted by atomic mass is 79.9. The fourth-order valence-corrected chi connectivity index (χ4v) is 4.34. The van der Waals surface area contributed by atoms with Crippen LogP contribution in [0.2, 0.25) is 0 Å². The minimum atomic E-state index is -4.01. The van der Waals surface area contributed by atoms with E-state index in [0.717, 1.165) is 31.4 Å². The summed E-state index contributed by atoms with van der Waals surface area (Å²) < 4.78 is 41.4. The third-order valence-electron chi connectivity index (χ3n) is 3.79. The smallest absolute Gasteiger partial charge is 0.243 e. The molecule has 1 aliphatic carbocycles. The first kappa shape index (κ1) is 16.7. The van der Waals surface area contributed by atoms with Crippen LogP contribution in [0, 0.1) is 11.7 Å². The monoisotopic (exact) mass is 380 g/mol. The lowest BCUT2D eigenvalue weighted by molar-refractivity contribution is 0.164.